The van der Waals surface area contributed by atoms with Crippen molar-refractivity contribution in [3.8, 4) is 0 Å². The number of hydrogen-bond acceptors (Lipinski definition) is 12. The molecule has 0 aliphatic heterocycles. The largest absolute Gasteiger partial charge is 0.480 e. The lowest BCUT2D eigenvalue weighted by molar-refractivity contribution is -0.142. The topological polar surface area (TPSA) is 384 Å². The Morgan fingerprint density at radius 1 is 0.630 bits per heavy atom. The van der Waals surface area contributed by atoms with Gasteiger partial charge >= 0.3 is 5.97 Å². The van der Waals surface area contributed by atoms with Gasteiger partial charge in [0.05, 0.1) is 25.5 Å². The number of primary amides is 1. The smallest absolute Gasteiger partial charge is 0.326 e. The number of fused-ring (bicyclic) bond motifs is 1. The van der Waals surface area contributed by atoms with E-state index in [1.165, 1.54) is 19.4 Å². The van der Waals surface area contributed by atoms with E-state index in [0.29, 0.717) is 11.3 Å². The summed E-state index contributed by atoms with van der Waals surface area (Å²) in [5.74, 6) is -8.97. The highest BCUT2D eigenvalue weighted by molar-refractivity contribution is 5.98. The SMILES string of the molecule is CC(C)CC(NC(=O)C(Cc1cnc[nH]1)NC(=O)CNC(=O)C(NC(=O)C(C)NC(=O)C(Cc1c[nH]c2ccccc12)NC(=O)C(CCC(N)=O)NC(=O)CNC(=O)C(N)Cc1ccccc1)C(C)C)C(=O)O. The van der Waals surface area contributed by atoms with E-state index in [1.807, 2.05) is 6.07 Å². The molecule has 0 radical (unpaired) electrons. The van der Waals surface area contributed by atoms with Gasteiger partial charge in [-0.1, -0.05) is 76.2 Å². The van der Waals surface area contributed by atoms with E-state index in [0.717, 1.165) is 16.5 Å². The fraction of sp³-hybridized carbons (Fsp3) is 0.449. The third-order valence-corrected chi connectivity index (χ3v) is 11.5. The maximum Gasteiger partial charge on any atom is 0.326 e. The molecule has 9 amide bonds. The van der Waals surface area contributed by atoms with Crippen LogP contribution in [0.5, 0.6) is 0 Å². The third-order valence-electron chi connectivity index (χ3n) is 11.5. The van der Waals surface area contributed by atoms with Gasteiger partial charge in [-0.05, 0) is 55.2 Å². The van der Waals surface area contributed by atoms with Crippen LogP contribution in [0.15, 0.2) is 73.3 Å². The first-order valence-corrected chi connectivity index (χ1v) is 23.8. The van der Waals surface area contributed by atoms with E-state index in [2.05, 4.69) is 57.5 Å². The number of benzene rings is 2. The lowest BCUT2D eigenvalue weighted by atomic mass is 10.0. The highest BCUT2D eigenvalue weighted by Gasteiger charge is 2.33. The number of nitrogens with zero attached hydrogens (tertiary/aromatic N) is 1. The number of hydrogen-bond donors (Lipinski definition) is 13. The number of H-pyrrole nitrogens is 2. The van der Waals surface area contributed by atoms with Crippen LogP contribution in [0.3, 0.4) is 0 Å². The number of carboxylic acids is 1. The Bertz CT molecular complexity index is 2550. The van der Waals surface area contributed by atoms with Crippen LogP contribution < -0.4 is 54.0 Å². The second-order valence-corrected chi connectivity index (χ2v) is 18.4. The first-order chi connectivity index (χ1) is 34.6. The fourth-order valence-electron chi connectivity index (χ4n) is 7.57. The lowest BCUT2D eigenvalue weighted by Crippen LogP contribution is -2.59. The zero-order chi connectivity index (χ0) is 53.8. The molecule has 0 aliphatic carbocycles. The van der Waals surface area contributed by atoms with Crippen molar-refractivity contribution in [2.24, 2.45) is 23.3 Å². The summed E-state index contributed by atoms with van der Waals surface area (Å²) < 4.78 is 0. The van der Waals surface area contributed by atoms with Crippen molar-refractivity contribution in [2.75, 3.05) is 13.1 Å². The molecule has 394 valence electrons. The van der Waals surface area contributed by atoms with Crippen LogP contribution in [0.25, 0.3) is 10.9 Å². The number of carbonyl (C=O) groups is 10. The molecule has 2 heterocycles. The first-order valence-electron chi connectivity index (χ1n) is 23.8. The second kappa shape index (κ2) is 28.0. The quantitative estimate of drug-likeness (QED) is 0.0294. The number of aromatic amines is 2. The first kappa shape index (κ1) is 57.4. The number of nitrogens with two attached hydrogens (primary N) is 2. The molecular formula is C49H67N13O11. The monoisotopic (exact) mass is 1010 g/mol. The van der Waals surface area contributed by atoms with Crippen molar-refractivity contribution in [1.29, 1.82) is 0 Å². The normalized spacial score (nSPS) is 14.0. The van der Waals surface area contributed by atoms with Crippen LogP contribution in [0.2, 0.25) is 0 Å². The summed E-state index contributed by atoms with van der Waals surface area (Å²) in [6.45, 7) is 6.98. The van der Waals surface area contributed by atoms with Gasteiger partial charge in [0.15, 0.2) is 0 Å². The molecule has 4 rings (SSSR count). The Labute approximate surface area is 421 Å². The van der Waals surface area contributed by atoms with E-state index < -0.39 is 120 Å². The standard InChI is InChI=1S/C49H67N13O11/c1-26(2)17-38(49(72)73)61-47(70)37(20-31-22-52-25-56-31)59-41(65)24-55-48(71)42(27(3)4)62-43(66)28(5)57-46(69)36(19-30-21-53-34-14-10-9-13-32(30)34)60-45(68)35(15-16-39(51)63)58-40(64)23-54-44(67)33(50)18-29-11-7-6-8-12-29/h6-14,21-22,25-28,33,35-38,42,53H,15-20,23-24,50H2,1-5H3,(H2,51,63)(H,52,56)(H,54,67)(H,55,71)(H,57,69)(H,58,64)(H,59,65)(H,60,68)(H,61,70)(H,62,66)(H,72,73). The van der Waals surface area contributed by atoms with Crippen LogP contribution in [0.4, 0.5) is 0 Å². The summed E-state index contributed by atoms with van der Waals surface area (Å²) >= 11 is 0. The molecule has 24 heteroatoms. The minimum absolute atomic E-state index is 0.0693. The molecule has 15 N–H and O–H groups in total. The Balaban J connectivity index is 1.42. The van der Waals surface area contributed by atoms with Crippen molar-refractivity contribution >= 4 is 70.0 Å². The van der Waals surface area contributed by atoms with E-state index in [9.17, 15) is 53.1 Å². The van der Waals surface area contributed by atoms with E-state index >= 15 is 0 Å². The Morgan fingerprint density at radius 3 is 1.84 bits per heavy atom. The number of para-hydroxylation sites is 1. The van der Waals surface area contributed by atoms with Crippen LogP contribution in [0.1, 0.15) is 70.7 Å². The minimum atomic E-state index is -1.42. The third kappa shape index (κ3) is 18.8. The highest BCUT2D eigenvalue weighted by atomic mass is 16.4. The maximum absolute atomic E-state index is 14.1. The summed E-state index contributed by atoms with van der Waals surface area (Å²) in [6, 6.07) is 7.34. The molecule has 24 nitrogen and oxygen atoms in total. The van der Waals surface area contributed by atoms with Crippen LogP contribution in [-0.2, 0) is 67.2 Å². The molecule has 0 saturated carbocycles. The molecule has 0 aliphatic rings. The molecule has 7 atom stereocenters. The fourth-order valence-corrected chi connectivity index (χ4v) is 7.57. The van der Waals surface area contributed by atoms with E-state index in [-0.39, 0.29) is 44.4 Å². The molecular weight excluding hydrogens is 947 g/mol. The van der Waals surface area contributed by atoms with Gasteiger partial charge in [0, 0.05) is 48.3 Å². The maximum atomic E-state index is 14.1. The number of aromatic nitrogens is 3. The van der Waals surface area contributed by atoms with Crippen molar-refractivity contribution in [1.82, 2.24) is 57.5 Å². The van der Waals surface area contributed by atoms with Gasteiger partial charge in [0.2, 0.25) is 53.2 Å². The van der Waals surface area contributed by atoms with Gasteiger partial charge in [0.25, 0.3) is 0 Å². The van der Waals surface area contributed by atoms with Crippen LogP contribution >= 0.6 is 0 Å². The second-order valence-electron chi connectivity index (χ2n) is 18.4. The predicted molar refractivity (Wildman–Crippen MR) is 266 cm³/mol. The number of amides is 9. The number of carboxylic acid groups (broad SMARTS) is 1. The van der Waals surface area contributed by atoms with Gasteiger partial charge in [-0.15, -0.1) is 0 Å². The van der Waals surface area contributed by atoms with Gasteiger partial charge in [-0.25, -0.2) is 9.78 Å². The average molecular weight is 1010 g/mol. The molecule has 0 bridgehead atoms. The molecule has 7 unspecified atom stereocenters. The number of carbonyl (C=O) groups excluding carboxylic acids is 9. The molecule has 0 saturated heterocycles. The highest BCUT2D eigenvalue weighted by Crippen LogP contribution is 2.20. The molecule has 4 aromatic rings. The Kier molecular flexibility index (Phi) is 22.1. The molecule has 73 heavy (non-hydrogen) atoms. The summed E-state index contributed by atoms with van der Waals surface area (Å²) in [5.41, 5.74) is 14.0. The molecule has 0 fully saturated rings. The zero-order valence-corrected chi connectivity index (χ0v) is 41.4. The van der Waals surface area contributed by atoms with Crippen molar-refractivity contribution in [3.63, 3.8) is 0 Å². The van der Waals surface area contributed by atoms with Gasteiger partial charge in [-0.3, -0.25) is 43.2 Å². The summed E-state index contributed by atoms with van der Waals surface area (Å²) in [7, 11) is 0. The van der Waals surface area contributed by atoms with Crippen molar-refractivity contribution in [2.45, 2.75) is 115 Å². The minimum Gasteiger partial charge on any atom is -0.480 e. The van der Waals surface area contributed by atoms with Crippen molar-refractivity contribution in [3.05, 3.63) is 90.1 Å². The molecule has 2 aromatic heterocycles. The summed E-state index contributed by atoms with van der Waals surface area (Å²) in [4.78, 5) is 141. The Hall–Kier alpha value is -8.15. The number of rotatable bonds is 29. The average Bonchev–Trinajstić information content (AvgIpc) is 4.02. The Morgan fingerprint density at radius 2 is 1.22 bits per heavy atom. The number of aliphatic carboxylic acids is 1. The summed E-state index contributed by atoms with van der Waals surface area (Å²) in [5, 5.41) is 30.6. The summed E-state index contributed by atoms with van der Waals surface area (Å²) in [6.07, 6.45) is 3.96. The number of nitrogens with one attached hydrogen (secondary N) is 10. The van der Waals surface area contributed by atoms with Crippen LogP contribution in [-0.4, -0.2) is 135 Å². The zero-order valence-electron chi connectivity index (χ0n) is 41.4. The molecule has 0 spiro atoms. The van der Waals surface area contributed by atoms with E-state index in [1.54, 1.807) is 82.4 Å². The lowest BCUT2D eigenvalue weighted by Gasteiger charge is -2.26. The van der Waals surface area contributed by atoms with Gasteiger partial charge in [-0.2, -0.15) is 0 Å². The van der Waals surface area contributed by atoms with Gasteiger partial charge < -0.3 is 69.1 Å². The molecule has 2 aromatic carbocycles. The van der Waals surface area contributed by atoms with Crippen LogP contribution in [0, 0.1) is 11.8 Å². The van der Waals surface area contributed by atoms with Crippen molar-refractivity contribution < 1.29 is 53.1 Å². The van der Waals surface area contributed by atoms with Gasteiger partial charge in [0.1, 0.15) is 36.3 Å². The van der Waals surface area contributed by atoms with E-state index in [4.69, 9.17) is 11.5 Å². The predicted octanol–water partition coefficient (Wildman–Crippen LogP) is -1.54. The number of imidazole rings is 1.